The summed E-state index contributed by atoms with van der Waals surface area (Å²) in [6, 6.07) is 1.28. The Hall–Kier alpha value is -1.40. The van der Waals surface area contributed by atoms with Crippen molar-refractivity contribution in [2.45, 2.75) is 38.2 Å². The van der Waals surface area contributed by atoms with Crippen molar-refractivity contribution in [1.29, 1.82) is 0 Å². The maximum Gasteiger partial charge on any atom is 0.330 e. The van der Waals surface area contributed by atoms with Gasteiger partial charge in [-0.15, -0.1) is 0 Å². The fourth-order valence-corrected chi connectivity index (χ4v) is 2.68. The highest BCUT2D eigenvalue weighted by molar-refractivity contribution is 5.00. The predicted molar refractivity (Wildman–Crippen MR) is 63.4 cm³/mol. The van der Waals surface area contributed by atoms with Crippen LogP contribution in [-0.2, 0) is 9.47 Å². The van der Waals surface area contributed by atoms with E-state index in [1.807, 2.05) is 6.92 Å². The minimum Gasteiger partial charge on any atom is -0.373 e. The molecule has 3 rings (SSSR count). The normalized spacial score (nSPS) is 39.6. The van der Waals surface area contributed by atoms with Crippen molar-refractivity contribution in [2.24, 2.45) is 5.92 Å². The number of fused-ring (bicyclic) bond motifs is 2. The molecule has 0 unspecified atom stereocenters. The quantitative estimate of drug-likeness (QED) is 0.778. The largest absolute Gasteiger partial charge is 0.373 e. The van der Waals surface area contributed by atoms with E-state index >= 15 is 0 Å². The van der Waals surface area contributed by atoms with Gasteiger partial charge in [0.25, 0.3) is 5.56 Å². The summed E-state index contributed by atoms with van der Waals surface area (Å²) < 4.78 is 20.7. The first-order chi connectivity index (χ1) is 9.07. The van der Waals surface area contributed by atoms with Crippen LogP contribution in [0.5, 0.6) is 0 Å². The first-order valence-electron chi connectivity index (χ1n) is 6.68. The third-order valence-corrected chi connectivity index (χ3v) is 3.92. The number of ether oxygens (including phenoxy) is 2. The highest BCUT2D eigenvalue weighted by Crippen LogP contribution is 2.47. The van der Waals surface area contributed by atoms with Crippen LogP contribution < -0.4 is 11.2 Å². The number of nitrogens with one attached hydrogen (secondary N) is 1. The molecule has 1 aromatic heterocycles. The second-order valence-electron chi connectivity index (χ2n) is 4.96. The standard InChI is InChI=1S/C12H16N2O4/c1-7-9-10(18-12(7,2)4-6-17-9)14-5-3-8(15)13-11(14)16/h3,5,7,9-10H,4,6H2,1-2H3,(H,13,15,16)/t7-,9+,10+,12-/m0/s1/i2D. The van der Waals surface area contributed by atoms with Crippen LogP contribution in [0.1, 0.15) is 27.8 Å². The topological polar surface area (TPSA) is 73.3 Å². The minimum absolute atomic E-state index is 0.0441. The second-order valence-corrected chi connectivity index (χ2v) is 4.96. The SMILES string of the molecule is [2H]C[C@@]12CCO[C@@H]([C@H](n3ccc(=O)[nH]c3=O)O1)[C@@H]2C. The van der Waals surface area contributed by atoms with Gasteiger partial charge in [-0.1, -0.05) is 6.92 Å². The zero-order chi connectivity index (χ0) is 13.6. The zero-order valence-electron chi connectivity index (χ0n) is 11.1. The van der Waals surface area contributed by atoms with E-state index in [9.17, 15) is 9.59 Å². The Morgan fingerprint density at radius 1 is 1.61 bits per heavy atom. The first kappa shape index (κ1) is 10.5. The van der Waals surface area contributed by atoms with Crippen molar-refractivity contribution in [3.05, 3.63) is 33.1 Å². The van der Waals surface area contributed by atoms with Gasteiger partial charge in [-0.2, -0.15) is 0 Å². The van der Waals surface area contributed by atoms with Gasteiger partial charge in [-0.3, -0.25) is 14.3 Å². The molecule has 0 spiro atoms. The van der Waals surface area contributed by atoms with E-state index in [1.54, 1.807) is 0 Å². The van der Waals surface area contributed by atoms with Crippen molar-refractivity contribution in [2.75, 3.05) is 6.61 Å². The predicted octanol–water partition coefficient (Wildman–Crippen LogP) is 0.249. The van der Waals surface area contributed by atoms with E-state index < -0.39 is 23.1 Å². The van der Waals surface area contributed by atoms with Gasteiger partial charge in [0, 0.05) is 26.2 Å². The van der Waals surface area contributed by atoms with Gasteiger partial charge in [0.2, 0.25) is 0 Å². The molecule has 98 valence electrons. The average molecular weight is 253 g/mol. The maximum absolute atomic E-state index is 11.8. The molecule has 2 fully saturated rings. The van der Waals surface area contributed by atoms with Crippen LogP contribution in [0.4, 0.5) is 0 Å². The van der Waals surface area contributed by atoms with Gasteiger partial charge in [-0.05, 0) is 13.3 Å². The Morgan fingerprint density at radius 2 is 2.44 bits per heavy atom. The van der Waals surface area contributed by atoms with Gasteiger partial charge in [0.15, 0.2) is 6.23 Å². The Kier molecular flexibility index (Phi) is 2.22. The summed E-state index contributed by atoms with van der Waals surface area (Å²) in [7, 11) is 0. The lowest BCUT2D eigenvalue weighted by Gasteiger charge is -2.33. The lowest BCUT2D eigenvalue weighted by molar-refractivity contribution is -0.0728. The van der Waals surface area contributed by atoms with Crippen LogP contribution in [-0.4, -0.2) is 27.9 Å². The molecule has 2 aliphatic heterocycles. The molecule has 18 heavy (non-hydrogen) atoms. The monoisotopic (exact) mass is 253 g/mol. The Labute approximate surface area is 105 Å². The Morgan fingerprint density at radius 3 is 3.11 bits per heavy atom. The van der Waals surface area contributed by atoms with Crippen LogP contribution in [0.2, 0.25) is 0 Å². The van der Waals surface area contributed by atoms with Crippen molar-refractivity contribution >= 4 is 0 Å². The highest BCUT2D eigenvalue weighted by atomic mass is 16.6. The summed E-state index contributed by atoms with van der Waals surface area (Å²) in [5.41, 5.74) is -1.50. The van der Waals surface area contributed by atoms with Crippen molar-refractivity contribution in [3.63, 3.8) is 0 Å². The molecule has 6 heteroatoms. The highest BCUT2D eigenvalue weighted by Gasteiger charge is 2.54. The summed E-state index contributed by atoms with van der Waals surface area (Å²) in [5.74, 6) is 0.0441. The fraction of sp³-hybridized carbons (Fsp3) is 0.667. The lowest BCUT2D eigenvalue weighted by Crippen LogP contribution is -2.41. The number of aromatic amines is 1. The molecule has 1 aromatic rings. The summed E-state index contributed by atoms with van der Waals surface area (Å²) >= 11 is 0. The molecule has 0 radical (unpaired) electrons. The van der Waals surface area contributed by atoms with Crippen LogP contribution in [0.25, 0.3) is 0 Å². The number of hydrogen-bond donors (Lipinski definition) is 1. The minimum atomic E-state index is -0.577. The molecule has 0 aromatic carbocycles. The molecule has 1 N–H and O–H groups in total. The molecule has 4 atom stereocenters. The average Bonchev–Trinajstić information content (AvgIpc) is 2.56. The van der Waals surface area contributed by atoms with Gasteiger partial charge >= 0.3 is 5.69 Å². The maximum atomic E-state index is 11.8. The van der Waals surface area contributed by atoms with Crippen LogP contribution >= 0.6 is 0 Å². The molecular formula is C12H16N2O4. The van der Waals surface area contributed by atoms with E-state index in [-0.39, 0.29) is 18.9 Å². The molecule has 2 bridgehead atoms. The number of rotatable bonds is 1. The lowest BCUT2D eigenvalue weighted by atomic mass is 9.84. The van der Waals surface area contributed by atoms with Crippen molar-refractivity contribution in [1.82, 2.24) is 9.55 Å². The van der Waals surface area contributed by atoms with E-state index in [1.165, 1.54) is 16.8 Å². The third-order valence-electron chi connectivity index (χ3n) is 3.92. The smallest absolute Gasteiger partial charge is 0.330 e. The van der Waals surface area contributed by atoms with E-state index in [0.29, 0.717) is 13.0 Å². The van der Waals surface area contributed by atoms with Gasteiger partial charge in [0.05, 0.1) is 5.60 Å². The van der Waals surface area contributed by atoms with Gasteiger partial charge in [-0.25, -0.2) is 4.79 Å². The summed E-state index contributed by atoms with van der Waals surface area (Å²) in [6.07, 6.45) is 1.23. The Bertz CT molecular complexity index is 598. The zero-order valence-corrected chi connectivity index (χ0v) is 10.1. The van der Waals surface area contributed by atoms with Crippen molar-refractivity contribution < 1.29 is 10.8 Å². The molecule has 6 nitrogen and oxygen atoms in total. The van der Waals surface area contributed by atoms with Gasteiger partial charge in [0.1, 0.15) is 6.10 Å². The van der Waals surface area contributed by atoms with Crippen LogP contribution in [0, 0.1) is 5.92 Å². The first-order valence-corrected chi connectivity index (χ1v) is 5.97. The number of hydrogen-bond acceptors (Lipinski definition) is 4. The molecule has 2 aliphatic rings. The molecule has 0 amide bonds. The van der Waals surface area contributed by atoms with Crippen LogP contribution in [0.15, 0.2) is 21.9 Å². The van der Waals surface area contributed by atoms with Crippen LogP contribution in [0.3, 0.4) is 0 Å². The number of aromatic nitrogens is 2. The number of nitrogens with zero attached hydrogens (tertiary/aromatic N) is 1. The molecule has 0 saturated carbocycles. The molecule has 2 saturated heterocycles. The fourth-order valence-electron chi connectivity index (χ4n) is 2.68. The van der Waals surface area contributed by atoms with E-state index in [2.05, 4.69) is 4.98 Å². The number of H-pyrrole nitrogens is 1. The molecule has 3 heterocycles. The third kappa shape index (κ3) is 1.56. The second kappa shape index (κ2) is 3.80. The van der Waals surface area contributed by atoms with E-state index in [0.717, 1.165) is 0 Å². The summed E-state index contributed by atoms with van der Waals surface area (Å²) in [6.45, 7) is 2.65. The Balaban J connectivity index is 2.03. The summed E-state index contributed by atoms with van der Waals surface area (Å²) in [5, 5.41) is 0. The molecule has 0 aliphatic carbocycles. The summed E-state index contributed by atoms with van der Waals surface area (Å²) in [4.78, 5) is 25.1. The van der Waals surface area contributed by atoms with Crippen molar-refractivity contribution in [3.8, 4) is 0 Å². The van der Waals surface area contributed by atoms with E-state index in [4.69, 9.17) is 10.8 Å². The molecular weight excluding hydrogens is 236 g/mol. The van der Waals surface area contributed by atoms with Gasteiger partial charge < -0.3 is 9.47 Å².